The van der Waals surface area contributed by atoms with Crippen LogP contribution in [0.15, 0.2) is 65.2 Å². The zero-order valence-corrected chi connectivity index (χ0v) is 20.0. The average Bonchev–Trinajstić information content (AvgIpc) is 3.31. The number of halogens is 1. The summed E-state index contributed by atoms with van der Waals surface area (Å²) in [5.41, 5.74) is 4.07. The molecule has 1 aliphatic rings. The summed E-state index contributed by atoms with van der Waals surface area (Å²) in [6.45, 7) is 5.14. The molecule has 0 N–H and O–H groups in total. The third-order valence-electron chi connectivity index (χ3n) is 6.71. The van der Waals surface area contributed by atoms with Gasteiger partial charge in [-0.25, -0.2) is 8.96 Å². The summed E-state index contributed by atoms with van der Waals surface area (Å²) in [6, 6.07) is 17.6. The smallest absolute Gasteiger partial charge is 0.219 e. The first-order chi connectivity index (χ1) is 18.3. The maximum absolute atomic E-state index is 14.3. The van der Waals surface area contributed by atoms with E-state index in [0.29, 0.717) is 39.1 Å². The minimum Gasteiger partial charge on any atom is -0.454 e. The highest BCUT2D eigenvalue weighted by Gasteiger charge is 2.29. The molecule has 2 heterocycles. The lowest BCUT2D eigenvalue weighted by atomic mass is 9.90. The Kier molecular flexibility index (Phi) is 3.75. The molecule has 35 heavy (non-hydrogen) atoms. The molecule has 172 valence electrons. The average molecular weight is 466 g/mol. The van der Waals surface area contributed by atoms with Gasteiger partial charge in [-0.3, -0.25) is 0 Å². The third kappa shape index (κ3) is 3.34. The molecule has 0 atom stereocenters. The van der Waals surface area contributed by atoms with Gasteiger partial charge in [0.25, 0.3) is 0 Å². The number of hydrogen-bond donors (Lipinski definition) is 0. The van der Waals surface area contributed by atoms with Gasteiger partial charge in [0.15, 0.2) is 6.20 Å². The van der Waals surface area contributed by atoms with Crippen LogP contribution in [0.4, 0.5) is 4.39 Å². The van der Waals surface area contributed by atoms with Crippen molar-refractivity contribution in [3.05, 3.63) is 88.9 Å². The van der Waals surface area contributed by atoms with Crippen LogP contribution in [-0.2, 0) is 19.8 Å². The minimum atomic E-state index is -1.94. The van der Waals surface area contributed by atoms with Crippen molar-refractivity contribution in [3.8, 4) is 28.5 Å². The molecule has 0 saturated carbocycles. The van der Waals surface area contributed by atoms with Crippen LogP contribution in [0.2, 0.25) is 0 Å². The van der Waals surface area contributed by atoms with Crippen molar-refractivity contribution in [1.29, 1.82) is 5.26 Å². The molecule has 3 nitrogen and oxygen atoms in total. The van der Waals surface area contributed by atoms with Gasteiger partial charge in [-0.15, -0.1) is 0 Å². The molecule has 0 spiro atoms. The molecule has 0 radical (unpaired) electrons. The van der Waals surface area contributed by atoms with E-state index in [-0.39, 0.29) is 11.4 Å². The van der Waals surface area contributed by atoms with E-state index in [4.69, 9.17) is 9.90 Å². The molecule has 0 saturated heterocycles. The van der Waals surface area contributed by atoms with Crippen molar-refractivity contribution >= 4 is 21.9 Å². The van der Waals surface area contributed by atoms with E-state index >= 15 is 0 Å². The van der Waals surface area contributed by atoms with Crippen molar-refractivity contribution in [2.45, 2.75) is 33.5 Å². The molecule has 0 aliphatic heterocycles. The maximum atomic E-state index is 14.3. The lowest BCUT2D eigenvalue weighted by Crippen LogP contribution is -2.30. The molecule has 0 unspecified atom stereocenters. The van der Waals surface area contributed by atoms with E-state index < -0.39 is 18.2 Å². The van der Waals surface area contributed by atoms with Gasteiger partial charge in [-0.05, 0) is 59.5 Å². The summed E-state index contributed by atoms with van der Waals surface area (Å²) in [6.07, 6.45) is -2.16. The van der Waals surface area contributed by atoms with Gasteiger partial charge in [-0.1, -0.05) is 44.2 Å². The van der Waals surface area contributed by atoms with Crippen LogP contribution in [0, 0.1) is 29.5 Å². The summed E-state index contributed by atoms with van der Waals surface area (Å²) >= 11 is 0. The quantitative estimate of drug-likeness (QED) is 0.259. The molecule has 0 bridgehead atoms. The van der Waals surface area contributed by atoms with Gasteiger partial charge >= 0.3 is 0 Å². The fourth-order valence-corrected chi connectivity index (χ4v) is 5.11. The number of nitrogens with zero attached hydrogens (tertiary/aromatic N) is 2. The second kappa shape index (κ2) is 7.52. The lowest BCUT2D eigenvalue weighted by molar-refractivity contribution is -0.660. The van der Waals surface area contributed by atoms with Crippen LogP contribution in [0.25, 0.3) is 44.3 Å². The Bertz CT molecular complexity index is 1900. The molecule has 2 aromatic heterocycles. The first kappa shape index (κ1) is 17.5. The largest absolute Gasteiger partial charge is 0.454 e. The summed E-state index contributed by atoms with van der Waals surface area (Å²) in [5, 5.41) is 11.6. The van der Waals surface area contributed by atoms with E-state index in [1.165, 1.54) is 12.1 Å². The lowest BCUT2D eigenvalue weighted by Gasteiger charge is -2.14. The highest BCUT2D eigenvalue weighted by molar-refractivity contribution is 6.14. The Morgan fingerprint density at radius 2 is 1.69 bits per heavy atom. The van der Waals surface area contributed by atoms with Crippen molar-refractivity contribution < 1.29 is 18.9 Å². The summed E-state index contributed by atoms with van der Waals surface area (Å²) in [7, 11) is 1.84. The zero-order chi connectivity index (χ0) is 28.1. The van der Waals surface area contributed by atoms with Crippen LogP contribution in [0.3, 0.4) is 0 Å². The van der Waals surface area contributed by atoms with Crippen molar-refractivity contribution in [1.82, 2.24) is 0 Å². The summed E-state index contributed by atoms with van der Waals surface area (Å²) < 4.78 is 57.7. The Balaban J connectivity index is 1.68. The standard InChI is InChI=1S/C31H26FN2O/c1-18-5-9-24-25-10-8-21(17-33)28(19-6-7-20-15-31(2,3)16-22(20)13-19)30(25)35-29(24)27(18)26-14-23(32)11-12-34(26)4/h5-14H,15-16H2,1-4H3/q+1/i15D2,16D2. The first-order valence-electron chi connectivity index (χ1n) is 13.5. The molecule has 0 fully saturated rings. The third-order valence-corrected chi connectivity index (χ3v) is 6.71. The molecular formula is C31H26FN2O+. The second-order valence-corrected chi connectivity index (χ2v) is 9.69. The van der Waals surface area contributed by atoms with Crippen molar-refractivity contribution in [3.63, 3.8) is 0 Å². The minimum absolute atomic E-state index is 0.273. The number of aryl methyl sites for hydroxylation is 2. The summed E-state index contributed by atoms with van der Waals surface area (Å²) in [5.74, 6) is -0.363. The van der Waals surface area contributed by atoms with Gasteiger partial charge < -0.3 is 4.42 Å². The number of hydrogen-bond acceptors (Lipinski definition) is 2. The van der Waals surface area contributed by atoms with Crippen LogP contribution in [-0.4, -0.2) is 0 Å². The number of nitriles is 1. The van der Waals surface area contributed by atoms with Crippen molar-refractivity contribution in [2.24, 2.45) is 12.5 Å². The number of pyridine rings is 1. The van der Waals surface area contributed by atoms with E-state index in [1.807, 2.05) is 36.7 Å². The Morgan fingerprint density at radius 1 is 0.971 bits per heavy atom. The van der Waals surface area contributed by atoms with Gasteiger partial charge in [0.1, 0.15) is 24.0 Å². The molecule has 4 heteroatoms. The molecule has 3 aromatic carbocycles. The van der Waals surface area contributed by atoms with E-state index in [1.54, 1.807) is 44.3 Å². The molecular weight excluding hydrogens is 435 g/mol. The Labute approximate surface area is 209 Å². The zero-order valence-electron chi connectivity index (χ0n) is 24.0. The highest BCUT2D eigenvalue weighted by atomic mass is 19.1. The van der Waals surface area contributed by atoms with Crippen LogP contribution >= 0.6 is 0 Å². The SMILES string of the molecule is [2H]C1([2H])c2ccc(-c3c(C#N)ccc4c3oc3c(-c5cc(F)cc[n+]5C)c(C)ccc34)cc2C([2H])([2H])C1(C)C. The van der Waals surface area contributed by atoms with Crippen LogP contribution in [0.1, 0.15) is 41.6 Å². The molecule has 5 aromatic rings. The summed E-state index contributed by atoms with van der Waals surface area (Å²) in [4.78, 5) is 0. The van der Waals surface area contributed by atoms with Gasteiger partial charge in [0, 0.05) is 34.0 Å². The molecule has 0 amide bonds. The normalized spacial score (nSPS) is 19.0. The monoisotopic (exact) mass is 465 g/mol. The fraction of sp³-hybridized carbons (Fsp3) is 0.226. The van der Waals surface area contributed by atoms with Gasteiger partial charge in [-0.2, -0.15) is 5.26 Å². The molecule has 1 aliphatic carbocycles. The number of furan rings is 1. The topological polar surface area (TPSA) is 40.8 Å². The number of rotatable bonds is 2. The number of fused-ring (bicyclic) bond motifs is 4. The van der Waals surface area contributed by atoms with Gasteiger partial charge in [0.2, 0.25) is 5.69 Å². The second-order valence-electron chi connectivity index (χ2n) is 9.69. The van der Waals surface area contributed by atoms with Crippen molar-refractivity contribution in [2.75, 3.05) is 0 Å². The van der Waals surface area contributed by atoms with Crippen LogP contribution in [0.5, 0.6) is 0 Å². The molecule has 6 rings (SSSR count). The fourth-order valence-electron chi connectivity index (χ4n) is 5.11. The Morgan fingerprint density at radius 3 is 2.46 bits per heavy atom. The number of aromatic nitrogens is 1. The predicted molar refractivity (Wildman–Crippen MR) is 136 cm³/mol. The van der Waals surface area contributed by atoms with E-state index in [9.17, 15) is 9.65 Å². The maximum Gasteiger partial charge on any atom is 0.219 e. The van der Waals surface area contributed by atoms with Gasteiger partial charge in [0.05, 0.1) is 17.2 Å². The number of benzene rings is 3. The van der Waals surface area contributed by atoms with Crippen LogP contribution < -0.4 is 4.57 Å². The first-order valence-corrected chi connectivity index (χ1v) is 11.5. The van der Waals surface area contributed by atoms with E-state index in [2.05, 4.69) is 6.07 Å². The highest BCUT2D eigenvalue weighted by Crippen LogP contribution is 2.44. The van der Waals surface area contributed by atoms with E-state index in [0.717, 1.165) is 21.9 Å². The predicted octanol–water partition coefficient (Wildman–Crippen LogP) is 7.19. The Hall–Kier alpha value is -3.97.